The zero-order valence-corrected chi connectivity index (χ0v) is 11.8. The first-order valence-corrected chi connectivity index (χ1v) is 7.19. The first kappa shape index (κ1) is 12.4. The second kappa shape index (κ2) is 5.15. The van der Waals surface area contributed by atoms with Crippen LogP contribution in [-0.2, 0) is 6.42 Å². The van der Waals surface area contributed by atoms with Crippen molar-refractivity contribution in [2.24, 2.45) is 0 Å². The Kier molecular flexibility index (Phi) is 3.36. The maximum absolute atomic E-state index is 5.91. The van der Waals surface area contributed by atoms with Gasteiger partial charge in [-0.1, -0.05) is 19.1 Å². The standard InChI is InChI=1S/C14H11ClN2OS/c1-2-9-4-3-5-10(8-9)18-12-11-6-7-19-13(11)17-14(15)16-12/h3-8H,2H2,1H3. The Morgan fingerprint density at radius 3 is 3.00 bits per heavy atom. The fourth-order valence-electron chi connectivity index (χ4n) is 1.82. The molecule has 2 heterocycles. The molecule has 0 saturated carbocycles. The van der Waals surface area contributed by atoms with Crippen LogP contribution in [0.4, 0.5) is 0 Å². The number of ether oxygens (including phenoxy) is 1. The zero-order valence-electron chi connectivity index (χ0n) is 10.3. The van der Waals surface area contributed by atoms with Crippen LogP contribution in [0.3, 0.4) is 0 Å². The molecule has 0 bridgehead atoms. The summed E-state index contributed by atoms with van der Waals surface area (Å²) in [5.74, 6) is 1.27. The van der Waals surface area contributed by atoms with Gasteiger partial charge in [-0.15, -0.1) is 11.3 Å². The fourth-order valence-corrected chi connectivity index (χ4v) is 2.79. The topological polar surface area (TPSA) is 35.0 Å². The third kappa shape index (κ3) is 2.55. The van der Waals surface area contributed by atoms with E-state index >= 15 is 0 Å². The zero-order chi connectivity index (χ0) is 13.2. The van der Waals surface area contributed by atoms with E-state index in [4.69, 9.17) is 16.3 Å². The SMILES string of the molecule is CCc1cccc(Oc2nc(Cl)nc3sccc23)c1. The molecule has 5 heteroatoms. The normalized spacial score (nSPS) is 10.8. The summed E-state index contributed by atoms with van der Waals surface area (Å²) in [5, 5.41) is 3.04. The highest BCUT2D eigenvalue weighted by Crippen LogP contribution is 2.31. The number of hydrogen-bond donors (Lipinski definition) is 0. The molecule has 2 aromatic heterocycles. The highest BCUT2D eigenvalue weighted by molar-refractivity contribution is 7.16. The maximum Gasteiger partial charge on any atom is 0.232 e. The maximum atomic E-state index is 5.91. The average Bonchev–Trinajstić information content (AvgIpc) is 2.87. The molecule has 0 aliphatic carbocycles. The Balaban J connectivity index is 2.02. The molecule has 0 radical (unpaired) electrons. The van der Waals surface area contributed by atoms with Crippen LogP contribution in [0, 0.1) is 0 Å². The van der Waals surface area contributed by atoms with Crippen LogP contribution in [0.15, 0.2) is 35.7 Å². The molecular formula is C14H11ClN2OS. The van der Waals surface area contributed by atoms with Crippen LogP contribution in [0.5, 0.6) is 11.6 Å². The lowest BCUT2D eigenvalue weighted by Crippen LogP contribution is -1.92. The summed E-state index contributed by atoms with van der Waals surface area (Å²) < 4.78 is 5.84. The van der Waals surface area contributed by atoms with Crippen molar-refractivity contribution in [3.63, 3.8) is 0 Å². The number of fused-ring (bicyclic) bond motifs is 1. The minimum absolute atomic E-state index is 0.205. The van der Waals surface area contributed by atoms with E-state index in [0.29, 0.717) is 5.88 Å². The molecule has 3 aromatic rings. The van der Waals surface area contributed by atoms with Gasteiger partial charge in [0.1, 0.15) is 10.6 Å². The van der Waals surface area contributed by atoms with Gasteiger partial charge >= 0.3 is 0 Å². The highest BCUT2D eigenvalue weighted by Gasteiger charge is 2.10. The van der Waals surface area contributed by atoms with Gasteiger partial charge < -0.3 is 4.74 Å². The third-order valence-corrected chi connectivity index (χ3v) is 3.76. The predicted molar refractivity (Wildman–Crippen MR) is 78.3 cm³/mol. The lowest BCUT2D eigenvalue weighted by molar-refractivity contribution is 0.468. The van der Waals surface area contributed by atoms with Gasteiger partial charge in [0, 0.05) is 0 Å². The second-order valence-electron chi connectivity index (χ2n) is 4.04. The van der Waals surface area contributed by atoms with Crippen molar-refractivity contribution in [2.75, 3.05) is 0 Å². The van der Waals surface area contributed by atoms with Crippen LogP contribution in [-0.4, -0.2) is 9.97 Å². The first-order chi connectivity index (χ1) is 9.26. The second-order valence-corrected chi connectivity index (χ2v) is 5.27. The van der Waals surface area contributed by atoms with E-state index < -0.39 is 0 Å². The average molecular weight is 291 g/mol. The fraction of sp³-hybridized carbons (Fsp3) is 0.143. The summed E-state index contributed by atoms with van der Waals surface area (Å²) in [6.45, 7) is 2.11. The van der Waals surface area contributed by atoms with E-state index in [1.54, 1.807) is 0 Å². The quantitative estimate of drug-likeness (QED) is 0.656. The van der Waals surface area contributed by atoms with Gasteiger partial charge in [0.15, 0.2) is 0 Å². The molecule has 0 fully saturated rings. The van der Waals surface area contributed by atoms with Crippen molar-refractivity contribution in [3.05, 3.63) is 46.6 Å². The van der Waals surface area contributed by atoms with E-state index in [-0.39, 0.29) is 5.28 Å². The minimum Gasteiger partial charge on any atom is -0.438 e. The van der Waals surface area contributed by atoms with E-state index in [1.807, 2.05) is 29.6 Å². The molecule has 0 unspecified atom stereocenters. The minimum atomic E-state index is 0.205. The molecule has 0 atom stereocenters. The van der Waals surface area contributed by atoms with E-state index in [0.717, 1.165) is 22.4 Å². The van der Waals surface area contributed by atoms with Crippen molar-refractivity contribution >= 4 is 33.2 Å². The molecular weight excluding hydrogens is 280 g/mol. The van der Waals surface area contributed by atoms with Crippen LogP contribution >= 0.6 is 22.9 Å². The van der Waals surface area contributed by atoms with Gasteiger partial charge in [-0.3, -0.25) is 0 Å². The number of rotatable bonds is 3. The van der Waals surface area contributed by atoms with E-state index in [9.17, 15) is 0 Å². The monoisotopic (exact) mass is 290 g/mol. The van der Waals surface area contributed by atoms with Crippen molar-refractivity contribution in [1.82, 2.24) is 9.97 Å². The summed E-state index contributed by atoms with van der Waals surface area (Å²) in [6.07, 6.45) is 0.968. The summed E-state index contributed by atoms with van der Waals surface area (Å²) in [4.78, 5) is 9.16. The van der Waals surface area contributed by atoms with E-state index in [1.165, 1.54) is 16.9 Å². The van der Waals surface area contributed by atoms with Crippen molar-refractivity contribution in [2.45, 2.75) is 13.3 Å². The molecule has 0 N–H and O–H groups in total. The van der Waals surface area contributed by atoms with Gasteiger partial charge in [-0.05, 0) is 47.2 Å². The van der Waals surface area contributed by atoms with Crippen LogP contribution in [0.25, 0.3) is 10.2 Å². The number of thiophene rings is 1. The highest BCUT2D eigenvalue weighted by atomic mass is 35.5. The first-order valence-electron chi connectivity index (χ1n) is 5.94. The van der Waals surface area contributed by atoms with E-state index in [2.05, 4.69) is 23.0 Å². The Labute approximate surface area is 119 Å². The van der Waals surface area contributed by atoms with Gasteiger partial charge in [-0.2, -0.15) is 4.98 Å². The molecule has 0 aliphatic rings. The smallest absolute Gasteiger partial charge is 0.232 e. The van der Waals surface area contributed by atoms with Crippen LogP contribution in [0.1, 0.15) is 12.5 Å². The lowest BCUT2D eigenvalue weighted by Gasteiger charge is -2.07. The van der Waals surface area contributed by atoms with Gasteiger partial charge in [-0.25, -0.2) is 4.98 Å². The third-order valence-electron chi connectivity index (χ3n) is 2.78. The number of nitrogens with zero attached hydrogens (tertiary/aromatic N) is 2. The Bertz CT molecular complexity index is 726. The summed E-state index contributed by atoms with van der Waals surface area (Å²) in [6, 6.07) is 9.90. The number of halogens is 1. The van der Waals surface area contributed by atoms with Gasteiger partial charge in [0.2, 0.25) is 11.2 Å². The molecule has 96 valence electrons. The molecule has 0 spiro atoms. The molecule has 3 nitrogen and oxygen atoms in total. The summed E-state index contributed by atoms with van der Waals surface area (Å²) in [7, 11) is 0. The van der Waals surface area contributed by atoms with Crippen LogP contribution < -0.4 is 4.74 Å². The van der Waals surface area contributed by atoms with Crippen LogP contribution in [0.2, 0.25) is 5.28 Å². The van der Waals surface area contributed by atoms with Crippen molar-refractivity contribution < 1.29 is 4.74 Å². The lowest BCUT2D eigenvalue weighted by atomic mass is 10.2. The molecule has 0 saturated heterocycles. The number of hydrogen-bond acceptors (Lipinski definition) is 4. The molecule has 3 rings (SSSR count). The van der Waals surface area contributed by atoms with Crippen molar-refractivity contribution in [1.29, 1.82) is 0 Å². The number of aryl methyl sites for hydroxylation is 1. The number of benzene rings is 1. The predicted octanol–water partition coefficient (Wildman–Crippen LogP) is 4.70. The largest absolute Gasteiger partial charge is 0.438 e. The van der Waals surface area contributed by atoms with Crippen molar-refractivity contribution in [3.8, 4) is 11.6 Å². The molecule has 0 amide bonds. The summed E-state index contributed by atoms with van der Waals surface area (Å²) >= 11 is 7.43. The summed E-state index contributed by atoms with van der Waals surface area (Å²) in [5.41, 5.74) is 1.22. The molecule has 1 aromatic carbocycles. The molecule has 19 heavy (non-hydrogen) atoms. The Morgan fingerprint density at radius 2 is 2.16 bits per heavy atom. The Hall–Kier alpha value is -1.65. The number of aromatic nitrogens is 2. The van der Waals surface area contributed by atoms with Gasteiger partial charge in [0.25, 0.3) is 0 Å². The Morgan fingerprint density at radius 1 is 1.26 bits per heavy atom. The molecule has 0 aliphatic heterocycles. The van der Waals surface area contributed by atoms with Gasteiger partial charge in [0.05, 0.1) is 5.39 Å².